The second-order valence-electron chi connectivity index (χ2n) is 3.35. The van der Waals surface area contributed by atoms with Crippen molar-refractivity contribution in [2.75, 3.05) is 12.8 Å². The molecule has 2 atom stereocenters. The number of ether oxygens (including phenoxy) is 2. The smallest absolute Gasteiger partial charge is 0.161 e. The molecule has 0 radical (unpaired) electrons. The van der Waals surface area contributed by atoms with Crippen LogP contribution < -0.4 is 0 Å². The Morgan fingerprint density at radius 1 is 1.36 bits per heavy atom. The summed E-state index contributed by atoms with van der Waals surface area (Å²) in [5.74, 6) is 0. The second-order valence-corrected chi connectivity index (χ2v) is 3.82. The van der Waals surface area contributed by atoms with Gasteiger partial charge in [-0.3, -0.25) is 0 Å². The van der Waals surface area contributed by atoms with Crippen molar-refractivity contribution < 1.29 is 9.47 Å². The Morgan fingerprint density at radius 3 is 2.18 bits per heavy atom. The Bertz CT molecular complexity index is 98.8. The van der Waals surface area contributed by atoms with Crippen LogP contribution in [0.15, 0.2) is 0 Å². The van der Waals surface area contributed by atoms with Crippen molar-refractivity contribution in [3.8, 4) is 0 Å². The van der Waals surface area contributed by atoms with Crippen molar-refractivity contribution in [1.82, 2.24) is 0 Å². The van der Waals surface area contributed by atoms with E-state index in [2.05, 4.69) is 9.24 Å². The summed E-state index contributed by atoms with van der Waals surface area (Å²) < 4.78 is 10.9. The van der Waals surface area contributed by atoms with Crippen molar-refractivity contribution >= 4 is 9.24 Å². The summed E-state index contributed by atoms with van der Waals surface area (Å²) in [6.45, 7) is 8.76. The molecule has 11 heavy (non-hydrogen) atoms. The molecule has 0 saturated carbocycles. The molecule has 0 saturated heterocycles. The van der Waals surface area contributed by atoms with E-state index in [9.17, 15) is 0 Å². The Balaban J connectivity index is 3.68. The highest BCUT2D eigenvalue weighted by molar-refractivity contribution is 7.16. The highest BCUT2D eigenvalue weighted by Gasteiger charge is 2.16. The van der Waals surface area contributed by atoms with E-state index < -0.39 is 0 Å². The van der Waals surface area contributed by atoms with E-state index in [-0.39, 0.29) is 11.9 Å². The van der Waals surface area contributed by atoms with Gasteiger partial charge in [0.2, 0.25) is 0 Å². The molecule has 0 aliphatic carbocycles. The highest BCUT2D eigenvalue weighted by Crippen LogP contribution is 2.12. The summed E-state index contributed by atoms with van der Waals surface area (Å²) >= 11 is 0. The predicted molar refractivity (Wildman–Crippen MR) is 50.8 cm³/mol. The normalized spacial score (nSPS) is 15.0. The first-order valence-corrected chi connectivity index (χ1v) is 4.80. The Hall–Kier alpha value is 0.350. The summed E-state index contributed by atoms with van der Waals surface area (Å²) in [5.41, 5.74) is -0.115. The van der Waals surface area contributed by atoms with E-state index in [1.807, 2.05) is 27.7 Å². The molecule has 0 aliphatic heterocycles. The van der Waals surface area contributed by atoms with E-state index in [1.54, 1.807) is 0 Å². The first-order chi connectivity index (χ1) is 4.99. The van der Waals surface area contributed by atoms with Crippen molar-refractivity contribution in [3.63, 3.8) is 0 Å². The van der Waals surface area contributed by atoms with Crippen LogP contribution in [0.5, 0.6) is 0 Å². The average Bonchev–Trinajstić information content (AvgIpc) is 1.84. The van der Waals surface area contributed by atoms with Gasteiger partial charge >= 0.3 is 0 Å². The van der Waals surface area contributed by atoms with E-state index >= 15 is 0 Å². The van der Waals surface area contributed by atoms with Crippen molar-refractivity contribution in [2.45, 2.75) is 39.6 Å². The molecule has 0 N–H and O–H groups in total. The molecule has 68 valence electrons. The zero-order valence-corrected chi connectivity index (χ0v) is 9.04. The third-order valence-corrected chi connectivity index (χ3v) is 1.41. The lowest BCUT2D eigenvalue weighted by Crippen LogP contribution is -2.30. The largest absolute Gasteiger partial charge is 0.353 e. The van der Waals surface area contributed by atoms with Gasteiger partial charge in [-0.05, 0) is 27.7 Å². The molecule has 0 amide bonds. The van der Waals surface area contributed by atoms with Gasteiger partial charge in [0.1, 0.15) is 0 Å². The first-order valence-electron chi connectivity index (χ1n) is 3.99. The second kappa shape index (κ2) is 5.08. The van der Waals surface area contributed by atoms with Crippen LogP contribution in [-0.4, -0.2) is 24.7 Å². The fourth-order valence-corrected chi connectivity index (χ4v) is 0.963. The molecule has 2 unspecified atom stereocenters. The summed E-state index contributed by atoms with van der Waals surface area (Å²) in [6.07, 6.45) is 0.746. The van der Waals surface area contributed by atoms with Gasteiger partial charge < -0.3 is 9.47 Å². The SMILES string of the molecule is CCOC(CP)OC(C)(C)C. The number of rotatable bonds is 4. The quantitative estimate of drug-likeness (QED) is 0.484. The maximum Gasteiger partial charge on any atom is 0.161 e. The van der Waals surface area contributed by atoms with Crippen LogP contribution in [0.4, 0.5) is 0 Å². The molecule has 2 nitrogen and oxygen atoms in total. The zero-order chi connectivity index (χ0) is 8.91. The van der Waals surface area contributed by atoms with E-state index in [1.165, 1.54) is 0 Å². The van der Waals surface area contributed by atoms with Crippen LogP contribution in [0.25, 0.3) is 0 Å². The molecule has 0 aromatic rings. The molecule has 0 aromatic carbocycles. The van der Waals surface area contributed by atoms with Gasteiger partial charge in [0.25, 0.3) is 0 Å². The van der Waals surface area contributed by atoms with Crippen molar-refractivity contribution in [3.05, 3.63) is 0 Å². The molecule has 0 heterocycles. The fraction of sp³-hybridized carbons (Fsp3) is 1.00. The summed E-state index contributed by atoms with van der Waals surface area (Å²) in [6, 6.07) is 0. The molecule has 0 rings (SSSR count). The minimum absolute atomic E-state index is 0.0787. The molecule has 3 heteroatoms. The number of hydrogen-bond donors (Lipinski definition) is 0. The third-order valence-electron chi connectivity index (χ3n) is 1.03. The maximum absolute atomic E-state index is 5.58. The highest BCUT2D eigenvalue weighted by atomic mass is 31.0. The molecular weight excluding hydrogens is 159 g/mol. The predicted octanol–water partition coefficient (Wildman–Crippen LogP) is 2.04. The van der Waals surface area contributed by atoms with Crippen molar-refractivity contribution in [1.29, 1.82) is 0 Å². The standard InChI is InChI=1S/C8H19O2P/c1-5-9-7(6-11)10-8(2,3)4/h7H,5-6,11H2,1-4H3. The van der Waals surface area contributed by atoms with Crippen LogP contribution in [0.1, 0.15) is 27.7 Å². The fourth-order valence-electron chi connectivity index (χ4n) is 0.730. The third kappa shape index (κ3) is 6.74. The van der Waals surface area contributed by atoms with Crippen LogP contribution in [0.2, 0.25) is 0 Å². The number of hydrogen-bond acceptors (Lipinski definition) is 2. The summed E-state index contributed by atoms with van der Waals surface area (Å²) in [7, 11) is 2.62. The van der Waals surface area contributed by atoms with Gasteiger partial charge in [-0.25, -0.2) is 0 Å². The Labute approximate surface area is 71.9 Å². The van der Waals surface area contributed by atoms with E-state index in [0.717, 1.165) is 6.16 Å². The van der Waals surface area contributed by atoms with Gasteiger partial charge in [-0.15, -0.1) is 9.24 Å². The van der Waals surface area contributed by atoms with Crippen molar-refractivity contribution in [2.24, 2.45) is 0 Å². The Kier molecular flexibility index (Phi) is 5.24. The minimum atomic E-state index is -0.115. The van der Waals surface area contributed by atoms with Gasteiger partial charge in [0.15, 0.2) is 6.29 Å². The molecule has 0 aliphatic rings. The average molecular weight is 178 g/mol. The summed E-state index contributed by atoms with van der Waals surface area (Å²) in [5, 5.41) is 0. The van der Waals surface area contributed by atoms with Gasteiger partial charge in [-0.2, -0.15) is 0 Å². The van der Waals surface area contributed by atoms with Crippen LogP contribution in [0.3, 0.4) is 0 Å². The van der Waals surface area contributed by atoms with Crippen LogP contribution >= 0.6 is 9.24 Å². The van der Waals surface area contributed by atoms with Crippen LogP contribution in [0, 0.1) is 0 Å². The topological polar surface area (TPSA) is 18.5 Å². The first kappa shape index (κ1) is 11.4. The molecular formula is C8H19O2P. The van der Waals surface area contributed by atoms with E-state index in [4.69, 9.17) is 9.47 Å². The maximum atomic E-state index is 5.58. The molecule has 0 spiro atoms. The van der Waals surface area contributed by atoms with E-state index in [0.29, 0.717) is 6.61 Å². The molecule has 0 fully saturated rings. The lowest BCUT2D eigenvalue weighted by molar-refractivity contribution is -0.179. The summed E-state index contributed by atoms with van der Waals surface area (Å²) in [4.78, 5) is 0. The Morgan fingerprint density at radius 2 is 1.91 bits per heavy atom. The molecule has 0 bridgehead atoms. The van der Waals surface area contributed by atoms with Gasteiger partial charge in [0.05, 0.1) is 5.60 Å². The lowest BCUT2D eigenvalue weighted by Gasteiger charge is -2.26. The molecule has 0 aromatic heterocycles. The minimum Gasteiger partial charge on any atom is -0.353 e. The zero-order valence-electron chi connectivity index (χ0n) is 7.89. The van der Waals surface area contributed by atoms with Crippen LogP contribution in [-0.2, 0) is 9.47 Å². The lowest BCUT2D eigenvalue weighted by atomic mass is 10.2. The van der Waals surface area contributed by atoms with Gasteiger partial charge in [0, 0.05) is 12.8 Å². The monoisotopic (exact) mass is 178 g/mol. The van der Waals surface area contributed by atoms with Gasteiger partial charge in [-0.1, -0.05) is 0 Å².